The SMILES string of the molecule is O=C(C1CC1)N1CCc2cc(S(=O)(=O)NCc3nc(-c4cccc(Cl)c4)no3)ccc21. The Morgan fingerprint density at radius 3 is 2.84 bits per heavy atom. The van der Waals surface area contributed by atoms with Gasteiger partial charge >= 0.3 is 0 Å². The highest BCUT2D eigenvalue weighted by molar-refractivity contribution is 7.89. The number of hydrogen-bond acceptors (Lipinski definition) is 6. The molecule has 0 bridgehead atoms. The minimum absolute atomic E-state index is 0.127. The Balaban J connectivity index is 1.29. The number of anilines is 1. The molecule has 8 nitrogen and oxygen atoms in total. The molecule has 1 aliphatic heterocycles. The van der Waals surface area contributed by atoms with Crippen molar-refractivity contribution in [1.82, 2.24) is 14.9 Å². The molecule has 0 saturated heterocycles. The standard InChI is InChI=1S/C21H19ClN4O4S/c22-16-3-1-2-15(10-16)20-24-19(30-25-20)12-23-31(28,29)17-6-7-18-14(11-17)8-9-26(18)21(27)13-4-5-13/h1-3,6-7,10-11,13,23H,4-5,8-9,12H2. The highest BCUT2D eigenvalue weighted by Crippen LogP contribution is 2.37. The van der Waals surface area contributed by atoms with E-state index in [0.717, 1.165) is 24.1 Å². The topological polar surface area (TPSA) is 105 Å². The number of hydrogen-bond donors (Lipinski definition) is 1. The molecular formula is C21H19ClN4O4S. The first-order chi connectivity index (χ1) is 14.9. The van der Waals surface area contributed by atoms with Gasteiger partial charge in [-0.15, -0.1) is 0 Å². The lowest BCUT2D eigenvalue weighted by molar-refractivity contribution is -0.119. The highest BCUT2D eigenvalue weighted by atomic mass is 35.5. The molecule has 0 spiro atoms. The average molecular weight is 459 g/mol. The van der Waals surface area contributed by atoms with E-state index in [4.69, 9.17) is 16.1 Å². The summed E-state index contributed by atoms with van der Waals surface area (Å²) in [7, 11) is -3.79. The van der Waals surface area contributed by atoms with E-state index in [1.54, 1.807) is 41.3 Å². The van der Waals surface area contributed by atoms with E-state index >= 15 is 0 Å². The first-order valence-electron chi connectivity index (χ1n) is 9.93. The second-order valence-electron chi connectivity index (χ2n) is 7.65. The summed E-state index contributed by atoms with van der Waals surface area (Å²) in [5, 5.41) is 4.42. The van der Waals surface area contributed by atoms with Crippen molar-refractivity contribution in [3.63, 3.8) is 0 Å². The van der Waals surface area contributed by atoms with Gasteiger partial charge in [0, 0.05) is 28.7 Å². The maximum Gasteiger partial charge on any atom is 0.242 e. The van der Waals surface area contributed by atoms with E-state index < -0.39 is 10.0 Å². The summed E-state index contributed by atoms with van der Waals surface area (Å²) in [6, 6.07) is 11.8. The average Bonchev–Trinajstić information content (AvgIpc) is 3.35. The molecule has 1 amide bonds. The highest BCUT2D eigenvalue weighted by Gasteiger charge is 2.36. The number of carbonyl (C=O) groups excluding carboxylic acids is 1. The zero-order chi connectivity index (χ0) is 21.6. The van der Waals surface area contributed by atoms with E-state index in [1.807, 2.05) is 0 Å². The normalized spacial score (nSPS) is 15.8. The molecule has 0 radical (unpaired) electrons. The van der Waals surface area contributed by atoms with Crippen molar-refractivity contribution in [3.05, 3.63) is 58.9 Å². The number of carbonyl (C=O) groups is 1. The van der Waals surface area contributed by atoms with Gasteiger partial charge in [-0.05, 0) is 55.2 Å². The number of amides is 1. The van der Waals surface area contributed by atoms with Crippen LogP contribution >= 0.6 is 11.6 Å². The molecule has 2 aliphatic rings. The van der Waals surface area contributed by atoms with Crippen molar-refractivity contribution >= 4 is 33.2 Å². The molecule has 160 valence electrons. The lowest BCUT2D eigenvalue weighted by Gasteiger charge is -2.17. The van der Waals surface area contributed by atoms with Crippen LogP contribution in [0.3, 0.4) is 0 Å². The van der Waals surface area contributed by atoms with Crippen molar-refractivity contribution in [1.29, 1.82) is 0 Å². The molecule has 2 heterocycles. The van der Waals surface area contributed by atoms with Crippen LogP contribution in [-0.2, 0) is 27.8 Å². The Labute approximate surface area is 184 Å². The third-order valence-corrected chi connectivity index (χ3v) is 7.05. The summed E-state index contributed by atoms with van der Waals surface area (Å²) in [5.41, 5.74) is 2.34. The molecule has 3 aromatic rings. The maximum atomic E-state index is 12.8. The van der Waals surface area contributed by atoms with E-state index in [2.05, 4.69) is 14.9 Å². The predicted octanol–water partition coefficient (Wildman–Crippen LogP) is 3.17. The number of nitrogens with zero attached hydrogens (tertiary/aromatic N) is 3. The van der Waals surface area contributed by atoms with Crippen LogP contribution < -0.4 is 9.62 Å². The van der Waals surface area contributed by atoms with Crippen molar-refractivity contribution in [3.8, 4) is 11.4 Å². The molecule has 31 heavy (non-hydrogen) atoms. The largest absolute Gasteiger partial charge is 0.338 e. The number of rotatable bonds is 6. The van der Waals surface area contributed by atoms with Crippen LogP contribution in [0.5, 0.6) is 0 Å². The Morgan fingerprint density at radius 1 is 1.23 bits per heavy atom. The summed E-state index contributed by atoms with van der Waals surface area (Å²) in [6.07, 6.45) is 2.52. The summed E-state index contributed by atoms with van der Waals surface area (Å²) in [4.78, 5) is 18.5. The second kappa shape index (κ2) is 7.74. The zero-order valence-electron chi connectivity index (χ0n) is 16.4. The van der Waals surface area contributed by atoms with Gasteiger partial charge in [-0.25, -0.2) is 13.1 Å². The molecule has 1 saturated carbocycles. The summed E-state index contributed by atoms with van der Waals surface area (Å²) in [6.45, 7) is 0.454. The Kier molecular flexibility index (Phi) is 5.04. The van der Waals surface area contributed by atoms with Crippen LogP contribution in [0, 0.1) is 5.92 Å². The van der Waals surface area contributed by atoms with Crippen LogP contribution in [-0.4, -0.2) is 31.0 Å². The Morgan fingerprint density at radius 2 is 2.06 bits per heavy atom. The maximum absolute atomic E-state index is 12.8. The fraction of sp³-hybridized carbons (Fsp3) is 0.286. The van der Waals surface area contributed by atoms with Crippen molar-refractivity contribution in [2.75, 3.05) is 11.4 Å². The van der Waals surface area contributed by atoms with Crippen LogP contribution in [0.25, 0.3) is 11.4 Å². The van der Waals surface area contributed by atoms with Gasteiger partial charge in [-0.2, -0.15) is 4.98 Å². The molecule has 0 unspecified atom stereocenters. The van der Waals surface area contributed by atoms with Gasteiger partial charge in [-0.3, -0.25) is 4.79 Å². The van der Waals surface area contributed by atoms with E-state index in [0.29, 0.717) is 29.4 Å². The van der Waals surface area contributed by atoms with Crippen LogP contribution in [0.1, 0.15) is 24.3 Å². The van der Waals surface area contributed by atoms with E-state index in [1.165, 1.54) is 6.07 Å². The van der Waals surface area contributed by atoms with Crippen molar-refractivity contribution < 1.29 is 17.7 Å². The molecule has 1 aromatic heterocycles. The molecule has 5 rings (SSSR count). The fourth-order valence-corrected chi connectivity index (χ4v) is 4.85. The first kappa shape index (κ1) is 20.2. The first-order valence-corrected chi connectivity index (χ1v) is 11.8. The molecule has 0 atom stereocenters. The zero-order valence-corrected chi connectivity index (χ0v) is 18.0. The van der Waals surface area contributed by atoms with Gasteiger partial charge in [0.2, 0.25) is 27.6 Å². The minimum atomic E-state index is -3.79. The monoisotopic (exact) mass is 458 g/mol. The van der Waals surface area contributed by atoms with Gasteiger partial charge in [0.1, 0.15) is 0 Å². The van der Waals surface area contributed by atoms with Gasteiger partial charge < -0.3 is 9.42 Å². The number of aromatic nitrogens is 2. The lowest BCUT2D eigenvalue weighted by atomic mass is 10.2. The summed E-state index contributed by atoms with van der Waals surface area (Å²) < 4.78 is 33.2. The number of nitrogens with one attached hydrogen (secondary N) is 1. The van der Waals surface area contributed by atoms with Gasteiger partial charge in [0.25, 0.3) is 0 Å². The number of benzene rings is 2. The third kappa shape index (κ3) is 4.08. The van der Waals surface area contributed by atoms with Crippen LogP contribution in [0.15, 0.2) is 51.9 Å². The number of halogens is 1. The second-order valence-corrected chi connectivity index (χ2v) is 9.85. The Bertz CT molecular complexity index is 1270. The molecule has 1 aliphatic carbocycles. The minimum Gasteiger partial charge on any atom is -0.338 e. The van der Waals surface area contributed by atoms with Crippen molar-refractivity contribution in [2.24, 2.45) is 5.92 Å². The van der Waals surface area contributed by atoms with Crippen LogP contribution in [0.4, 0.5) is 5.69 Å². The third-order valence-electron chi connectivity index (χ3n) is 5.41. The Hall–Kier alpha value is -2.75. The van der Waals surface area contributed by atoms with Gasteiger partial charge in [0.05, 0.1) is 11.4 Å². The molecular weight excluding hydrogens is 440 g/mol. The fourth-order valence-electron chi connectivity index (χ4n) is 3.64. The molecule has 1 N–H and O–H groups in total. The molecule has 2 aromatic carbocycles. The predicted molar refractivity (Wildman–Crippen MR) is 114 cm³/mol. The number of fused-ring (bicyclic) bond motifs is 1. The quantitative estimate of drug-likeness (QED) is 0.608. The summed E-state index contributed by atoms with van der Waals surface area (Å²) >= 11 is 5.98. The summed E-state index contributed by atoms with van der Waals surface area (Å²) in [5.74, 6) is 0.734. The van der Waals surface area contributed by atoms with E-state index in [-0.39, 0.29) is 29.2 Å². The van der Waals surface area contributed by atoms with Crippen LogP contribution in [0.2, 0.25) is 5.02 Å². The lowest BCUT2D eigenvalue weighted by Crippen LogP contribution is -2.30. The smallest absolute Gasteiger partial charge is 0.242 e. The van der Waals surface area contributed by atoms with Gasteiger partial charge in [-0.1, -0.05) is 28.9 Å². The van der Waals surface area contributed by atoms with E-state index in [9.17, 15) is 13.2 Å². The van der Waals surface area contributed by atoms with Crippen molar-refractivity contribution in [2.45, 2.75) is 30.7 Å². The van der Waals surface area contributed by atoms with Gasteiger partial charge in [0.15, 0.2) is 0 Å². The molecule has 1 fully saturated rings. The molecule has 10 heteroatoms. The number of sulfonamides is 1.